The molecule has 5 nitrogen and oxygen atoms in total. The van der Waals surface area contributed by atoms with Gasteiger partial charge in [-0.05, 0) is 0 Å². The van der Waals surface area contributed by atoms with Gasteiger partial charge in [-0.2, -0.15) is 0 Å². The van der Waals surface area contributed by atoms with Gasteiger partial charge in [0.05, 0.1) is 26.7 Å². The molecule has 0 aromatic heterocycles. The average molecular weight is 264 g/mol. The van der Waals surface area contributed by atoms with E-state index in [4.69, 9.17) is 4.74 Å². The van der Waals surface area contributed by atoms with Gasteiger partial charge in [-0.25, -0.2) is 4.79 Å². The van der Waals surface area contributed by atoms with E-state index in [9.17, 15) is 14.4 Å². The Morgan fingerprint density at radius 2 is 1.68 bits per heavy atom. The standard InChI is InChI=1S/C14H18NO4/c1-15(2,3)7-8-19-14(18)13-11(9-16)5-4-6-12(13)10-17/h4-6,9-10H,7-8H2,1-3H3/q+1. The highest BCUT2D eigenvalue weighted by atomic mass is 16.5. The Labute approximate surface area is 112 Å². The number of rotatable bonds is 6. The molecule has 0 N–H and O–H groups in total. The predicted molar refractivity (Wildman–Crippen MR) is 70.4 cm³/mol. The maximum Gasteiger partial charge on any atom is 0.339 e. The number of benzene rings is 1. The van der Waals surface area contributed by atoms with Crippen LogP contribution in [0.4, 0.5) is 0 Å². The molecule has 0 bridgehead atoms. The van der Waals surface area contributed by atoms with Crippen LogP contribution in [0.2, 0.25) is 0 Å². The summed E-state index contributed by atoms with van der Waals surface area (Å²) in [7, 11) is 5.93. The summed E-state index contributed by atoms with van der Waals surface area (Å²) in [4.78, 5) is 33.8. The monoisotopic (exact) mass is 264 g/mol. The molecule has 0 aliphatic carbocycles. The van der Waals surface area contributed by atoms with Gasteiger partial charge in [0.1, 0.15) is 13.2 Å². The number of esters is 1. The van der Waals surface area contributed by atoms with Gasteiger partial charge >= 0.3 is 5.97 Å². The Bertz CT molecular complexity index is 462. The largest absolute Gasteiger partial charge is 0.456 e. The van der Waals surface area contributed by atoms with E-state index in [1.807, 2.05) is 21.1 Å². The molecule has 1 aromatic rings. The molecule has 0 unspecified atom stereocenters. The minimum absolute atomic E-state index is 0.0360. The normalized spacial score (nSPS) is 10.9. The summed E-state index contributed by atoms with van der Waals surface area (Å²) in [6.07, 6.45) is 1.09. The van der Waals surface area contributed by atoms with E-state index in [-0.39, 0.29) is 23.3 Å². The van der Waals surface area contributed by atoms with Gasteiger partial charge in [-0.1, -0.05) is 18.2 Å². The Kier molecular flexibility index (Phi) is 4.94. The Morgan fingerprint density at radius 1 is 1.16 bits per heavy atom. The van der Waals surface area contributed by atoms with Crippen molar-refractivity contribution in [3.05, 3.63) is 34.9 Å². The number of carbonyl (C=O) groups is 3. The lowest BCUT2D eigenvalue weighted by Crippen LogP contribution is -2.38. The Hall–Kier alpha value is -2.01. The summed E-state index contributed by atoms with van der Waals surface area (Å²) in [5.74, 6) is -0.641. The van der Waals surface area contributed by atoms with E-state index in [0.29, 0.717) is 23.6 Å². The minimum Gasteiger partial charge on any atom is -0.456 e. The summed E-state index contributed by atoms with van der Waals surface area (Å²) < 4.78 is 5.77. The number of hydrogen-bond donors (Lipinski definition) is 0. The minimum atomic E-state index is -0.641. The highest BCUT2D eigenvalue weighted by Crippen LogP contribution is 2.13. The first-order valence-corrected chi connectivity index (χ1v) is 5.90. The fourth-order valence-electron chi connectivity index (χ4n) is 1.51. The van der Waals surface area contributed by atoms with Gasteiger partial charge in [-0.15, -0.1) is 0 Å². The van der Waals surface area contributed by atoms with Crippen LogP contribution in [-0.2, 0) is 4.74 Å². The van der Waals surface area contributed by atoms with E-state index >= 15 is 0 Å². The lowest BCUT2D eigenvalue weighted by Gasteiger charge is -2.23. The van der Waals surface area contributed by atoms with E-state index in [2.05, 4.69) is 0 Å². The van der Waals surface area contributed by atoms with Crippen molar-refractivity contribution in [3.63, 3.8) is 0 Å². The molecule has 0 spiro atoms. The number of nitrogens with zero attached hydrogens (tertiary/aromatic N) is 1. The molecule has 0 amide bonds. The summed E-state index contributed by atoms with van der Waals surface area (Å²) >= 11 is 0. The first kappa shape index (κ1) is 15.0. The zero-order valence-corrected chi connectivity index (χ0v) is 11.4. The smallest absolute Gasteiger partial charge is 0.339 e. The lowest BCUT2D eigenvalue weighted by molar-refractivity contribution is -0.870. The van der Waals surface area contributed by atoms with E-state index in [1.54, 1.807) is 6.07 Å². The molecule has 0 fully saturated rings. The SMILES string of the molecule is C[N+](C)(C)CCOC(=O)c1c(C=O)cccc1C=O. The van der Waals surface area contributed by atoms with Crippen LogP contribution in [0.5, 0.6) is 0 Å². The fraction of sp³-hybridized carbons (Fsp3) is 0.357. The third kappa shape index (κ3) is 4.30. The molecular weight excluding hydrogens is 246 g/mol. The molecule has 0 radical (unpaired) electrons. The summed E-state index contributed by atoms with van der Waals surface area (Å²) in [6.45, 7) is 0.874. The number of hydrogen-bond acceptors (Lipinski definition) is 4. The van der Waals surface area contributed by atoms with Gasteiger partial charge < -0.3 is 9.22 Å². The molecule has 0 aliphatic heterocycles. The van der Waals surface area contributed by atoms with Crippen molar-refractivity contribution in [2.45, 2.75) is 0 Å². The molecule has 0 saturated heterocycles. The van der Waals surface area contributed by atoms with Crippen molar-refractivity contribution in [3.8, 4) is 0 Å². The van der Waals surface area contributed by atoms with Crippen LogP contribution < -0.4 is 0 Å². The van der Waals surface area contributed by atoms with Crippen LogP contribution >= 0.6 is 0 Å². The van der Waals surface area contributed by atoms with Crippen molar-refractivity contribution in [2.75, 3.05) is 34.3 Å². The average Bonchev–Trinajstić information content (AvgIpc) is 2.35. The van der Waals surface area contributed by atoms with E-state index in [0.717, 1.165) is 0 Å². The maximum absolute atomic E-state index is 11.9. The topological polar surface area (TPSA) is 60.4 Å². The summed E-state index contributed by atoms with van der Waals surface area (Å²) in [5.41, 5.74) is 0.369. The van der Waals surface area contributed by atoms with Crippen LogP contribution in [0.15, 0.2) is 18.2 Å². The number of ether oxygens (including phenoxy) is 1. The van der Waals surface area contributed by atoms with Crippen molar-refractivity contribution < 1.29 is 23.6 Å². The molecular formula is C14H18NO4+. The predicted octanol–water partition coefficient (Wildman–Crippen LogP) is 1.17. The third-order valence-corrected chi connectivity index (χ3v) is 2.58. The van der Waals surface area contributed by atoms with Gasteiger partial charge in [0.25, 0.3) is 0 Å². The van der Waals surface area contributed by atoms with Gasteiger partial charge in [0, 0.05) is 11.1 Å². The Morgan fingerprint density at radius 3 is 2.11 bits per heavy atom. The zero-order chi connectivity index (χ0) is 14.5. The first-order valence-electron chi connectivity index (χ1n) is 5.90. The lowest BCUT2D eigenvalue weighted by atomic mass is 10.0. The molecule has 19 heavy (non-hydrogen) atoms. The van der Waals surface area contributed by atoms with Crippen molar-refractivity contribution in [2.24, 2.45) is 0 Å². The van der Waals surface area contributed by atoms with Crippen molar-refractivity contribution in [1.82, 2.24) is 0 Å². The highest BCUT2D eigenvalue weighted by Gasteiger charge is 2.18. The zero-order valence-electron chi connectivity index (χ0n) is 11.4. The van der Waals surface area contributed by atoms with Crippen LogP contribution in [-0.4, -0.2) is 57.3 Å². The molecule has 1 rings (SSSR count). The molecule has 102 valence electrons. The van der Waals surface area contributed by atoms with E-state index in [1.165, 1.54) is 12.1 Å². The number of quaternary nitrogens is 1. The second-order valence-electron chi connectivity index (χ2n) is 5.20. The van der Waals surface area contributed by atoms with Gasteiger partial charge in [0.2, 0.25) is 0 Å². The highest BCUT2D eigenvalue weighted by molar-refractivity contribution is 6.04. The second kappa shape index (κ2) is 6.24. The van der Waals surface area contributed by atoms with Gasteiger partial charge in [-0.3, -0.25) is 9.59 Å². The number of carbonyl (C=O) groups excluding carboxylic acids is 3. The Balaban J connectivity index is 2.87. The third-order valence-electron chi connectivity index (χ3n) is 2.58. The molecule has 0 atom stereocenters. The fourth-order valence-corrected chi connectivity index (χ4v) is 1.51. The molecule has 0 aliphatic rings. The summed E-state index contributed by atoms with van der Waals surface area (Å²) in [6, 6.07) is 4.52. The van der Waals surface area contributed by atoms with Crippen LogP contribution in [0.3, 0.4) is 0 Å². The van der Waals surface area contributed by atoms with Crippen molar-refractivity contribution >= 4 is 18.5 Å². The molecule has 5 heteroatoms. The van der Waals surface area contributed by atoms with Crippen LogP contribution in [0, 0.1) is 0 Å². The molecule has 0 saturated carbocycles. The van der Waals surface area contributed by atoms with Crippen LogP contribution in [0.1, 0.15) is 31.1 Å². The van der Waals surface area contributed by atoms with Crippen molar-refractivity contribution in [1.29, 1.82) is 0 Å². The van der Waals surface area contributed by atoms with Crippen LogP contribution in [0.25, 0.3) is 0 Å². The quantitative estimate of drug-likeness (QED) is 0.440. The second-order valence-corrected chi connectivity index (χ2v) is 5.20. The molecule has 0 heterocycles. The maximum atomic E-state index is 11.9. The summed E-state index contributed by atoms with van der Waals surface area (Å²) in [5, 5.41) is 0. The number of aldehydes is 2. The molecule has 1 aromatic carbocycles. The first-order chi connectivity index (χ1) is 8.89. The van der Waals surface area contributed by atoms with Gasteiger partial charge in [0.15, 0.2) is 12.6 Å². The van der Waals surface area contributed by atoms with E-state index < -0.39 is 5.97 Å². The number of likely N-dealkylation sites (N-methyl/N-ethyl adjacent to an activating group) is 1.